The average molecular weight is 256 g/mol. The number of hydrogen-bond donors (Lipinski definition) is 1. The third-order valence-corrected chi connectivity index (χ3v) is 3.33. The fourth-order valence-corrected chi connectivity index (χ4v) is 2.25. The number of aromatic nitrogens is 2. The highest BCUT2D eigenvalue weighted by Gasteiger charge is 2.11. The molecule has 100 valence electrons. The van der Waals surface area contributed by atoms with Crippen molar-refractivity contribution in [3.63, 3.8) is 0 Å². The summed E-state index contributed by atoms with van der Waals surface area (Å²) in [6.07, 6.45) is 6.91. The zero-order chi connectivity index (χ0) is 13.8. The Balaban J connectivity index is 2.49. The van der Waals surface area contributed by atoms with Gasteiger partial charge in [-0.25, -0.2) is 4.98 Å². The van der Waals surface area contributed by atoms with Crippen LogP contribution in [0.15, 0.2) is 18.2 Å². The second-order valence-corrected chi connectivity index (χ2v) is 5.05. The van der Waals surface area contributed by atoms with Crippen LogP contribution in [-0.4, -0.2) is 21.3 Å². The van der Waals surface area contributed by atoms with Crippen LogP contribution in [0.5, 0.6) is 0 Å². The highest BCUT2D eigenvalue weighted by atomic mass is 16.2. The first-order chi connectivity index (χ1) is 9.17. The first kappa shape index (κ1) is 13.6. The van der Waals surface area contributed by atoms with E-state index in [1.807, 2.05) is 0 Å². The highest BCUT2D eigenvalue weighted by Crippen LogP contribution is 2.22. The zero-order valence-corrected chi connectivity index (χ0v) is 11.6. The SMILES string of the molecule is C#CCn1c(CCCO)nc2cc(C(C)C)ccc21. The standard InChI is InChI=1S/C16H20N2O/c1-4-9-18-15-8-7-13(12(2)3)11-14(15)17-16(18)6-5-10-19/h1,7-8,11-12,19H,5-6,9-10H2,2-3H3. The minimum atomic E-state index is 0.177. The minimum Gasteiger partial charge on any atom is -0.396 e. The average Bonchev–Trinajstić information content (AvgIpc) is 2.74. The van der Waals surface area contributed by atoms with E-state index in [1.165, 1.54) is 5.56 Å². The van der Waals surface area contributed by atoms with E-state index < -0.39 is 0 Å². The minimum absolute atomic E-state index is 0.177. The number of fused-ring (bicyclic) bond motifs is 1. The lowest BCUT2D eigenvalue weighted by Gasteiger charge is -2.06. The van der Waals surface area contributed by atoms with E-state index in [1.54, 1.807) is 0 Å². The molecule has 1 aromatic carbocycles. The van der Waals surface area contributed by atoms with E-state index in [0.29, 0.717) is 18.9 Å². The lowest BCUT2D eigenvalue weighted by atomic mass is 10.0. The second kappa shape index (κ2) is 5.90. The Morgan fingerprint density at radius 3 is 2.84 bits per heavy atom. The van der Waals surface area contributed by atoms with Gasteiger partial charge in [0, 0.05) is 13.0 Å². The van der Waals surface area contributed by atoms with Gasteiger partial charge >= 0.3 is 0 Å². The Kier molecular flexibility index (Phi) is 4.24. The number of hydrogen-bond acceptors (Lipinski definition) is 2. The molecule has 1 aromatic heterocycles. The summed E-state index contributed by atoms with van der Waals surface area (Å²) in [6, 6.07) is 6.37. The summed E-state index contributed by atoms with van der Waals surface area (Å²) in [5.41, 5.74) is 3.36. The van der Waals surface area contributed by atoms with Gasteiger partial charge in [0.25, 0.3) is 0 Å². The van der Waals surface area contributed by atoms with Gasteiger partial charge in [0.15, 0.2) is 0 Å². The Morgan fingerprint density at radius 2 is 2.21 bits per heavy atom. The van der Waals surface area contributed by atoms with Gasteiger partial charge in [-0.3, -0.25) is 0 Å². The number of aryl methyl sites for hydroxylation is 1. The fraction of sp³-hybridized carbons (Fsp3) is 0.438. The van der Waals surface area contributed by atoms with Gasteiger partial charge in [0.2, 0.25) is 0 Å². The molecule has 0 amide bonds. The van der Waals surface area contributed by atoms with Crippen LogP contribution >= 0.6 is 0 Å². The van der Waals surface area contributed by atoms with Gasteiger partial charge < -0.3 is 9.67 Å². The lowest BCUT2D eigenvalue weighted by molar-refractivity contribution is 0.287. The van der Waals surface area contributed by atoms with Crippen LogP contribution in [0.4, 0.5) is 0 Å². The molecule has 0 aliphatic carbocycles. The molecule has 1 heterocycles. The highest BCUT2D eigenvalue weighted by molar-refractivity contribution is 5.77. The van der Waals surface area contributed by atoms with Crippen molar-refractivity contribution in [2.45, 2.75) is 39.2 Å². The number of terminal acetylenes is 1. The molecule has 2 rings (SSSR count). The molecule has 3 heteroatoms. The van der Waals surface area contributed by atoms with E-state index in [9.17, 15) is 0 Å². The van der Waals surface area contributed by atoms with Gasteiger partial charge in [-0.15, -0.1) is 6.42 Å². The number of nitrogens with zero attached hydrogens (tertiary/aromatic N) is 2. The summed E-state index contributed by atoms with van der Waals surface area (Å²) in [5.74, 6) is 4.13. The van der Waals surface area contributed by atoms with Crippen molar-refractivity contribution in [1.82, 2.24) is 9.55 Å². The van der Waals surface area contributed by atoms with Gasteiger partial charge in [-0.05, 0) is 30.0 Å². The van der Waals surface area contributed by atoms with E-state index in [-0.39, 0.29) is 6.61 Å². The van der Waals surface area contributed by atoms with Crippen LogP contribution in [0.25, 0.3) is 11.0 Å². The molecule has 0 aliphatic heterocycles. The molecule has 19 heavy (non-hydrogen) atoms. The molecule has 0 saturated carbocycles. The Morgan fingerprint density at radius 1 is 1.42 bits per heavy atom. The van der Waals surface area contributed by atoms with Crippen molar-refractivity contribution >= 4 is 11.0 Å². The molecule has 1 N–H and O–H groups in total. The summed E-state index contributed by atoms with van der Waals surface area (Å²) in [6.45, 7) is 5.05. The van der Waals surface area contributed by atoms with Crippen LogP contribution in [0, 0.1) is 12.3 Å². The smallest absolute Gasteiger partial charge is 0.110 e. The van der Waals surface area contributed by atoms with Crippen molar-refractivity contribution in [2.75, 3.05) is 6.61 Å². The van der Waals surface area contributed by atoms with E-state index in [2.05, 4.69) is 47.5 Å². The topological polar surface area (TPSA) is 38.0 Å². The van der Waals surface area contributed by atoms with Crippen LogP contribution in [0.1, 0.15) is 37.6 Å². The molecular weight excluding hydrogens is 236 g/mol. The van der Waals surface area contributed by atoms with Crippen LogP contribution in [0.2, 0.25) is 0 Å². The van der Waals surface area contributed by atoms with Gasteiger partial charge in [-0.2, -0.15) is 0 Å². The Labute approximate surface area is 114 Å². The normalized spacial score (nSPS) is 11.1. The second-order valence-electron chi connectivity index (χ2n) is 5.05. The third-order valence-electron chi connectivity index (χ3n) is 3.33. The molecule has 0 unspecified atom stereocenters. The van der Waals surface area contributed by atoms with Crippen molar-refractivity contribution in [3.8, 4) is 12.3 Å². The maximum Gasteiger partial charge on any atom is 0.110 e. The van der Waals surface area contributed by atoms with Crippen LogP contribution < -0.4 is 0 Å². The molecule has 2 aromatic rings. The number of rotatable bonds is 5. The van der Waals surface area contributed by atoms with Crippen LogP contribution in [0.3, 0.4) is 0 Å². The fourth-order valence-electron chi connectivity index (χ4n) is 2.25. The molecule has 0 aliphatic rings. The first-order valence-corrected chi connectivity index (χ1v) is 6.70. The van der Waals surface area contributed by atoms with Crippen molar-refractivity contribution in [3.05, 3.63) is 29.6 Å². The Bertz CT molecular complexity index is 605. The van der Waals surface area contributed by atoms with E-state index in [4.69, 9.17) is 11.5 Å². The summed E-state index contributed by atoms with van der Waals surface area (Å²) >= 11 is 0. The third kappa shape index (κ3) is 2.80. The van der Waals surface area contributed by atoms with Crippen molar-refractivity contribution in [1.29, 1.82) is 0 Å². The van der Waals surface area contributed by atoms with Crippen molar-refractivity contribution < 1.29 is 5.11 Å². The first-order valence-electron chi connectivity index (χ1n) is 6.70. The Hall–Kier alpha value is -1.79. The van der Waals surface area contributed by atoms with Gasteiger partial charge in [0.1, 0.15) is 5.82 Å². The molecule has 3 nitrogen and oxygen atoms in total. The van der Waals surface area contributed by atoms with Gasteiger partial charge in [0.05, 0.1) is 17.6 Å². The molecular formula is C16H20N2O. The molecule has 0 spiro atoms. The number of benzene rings is 1. The summed E-state index contributed by atoms with van der Waals surface area (Å²) in [7, 11) is 0. The van der Waals surface area contributed by atoms with Crippen LogP contribution in [-0.2, 0) is 13.0 Å². The van der Waals surface area contributed by atoms with Crippen molar-refractivity contribution in [2.24, 2.45) is 0 Å². The number of aliphatic hydroxyl groups excluding tert-OH is 1. The monoisotopic (exact) mass is 256 g/mol. The quantitative estimate of drug-likeness (QED) is 0.835. The predicted octanol–water partition coefficient (Wildman–Crippen LogP) is 2.72. The molecule has 0 bridgehead atoms. The maximum atomic E-state index is 8.96. The zero-order valence-electron chi connectivity index (χ0n) is 11.6. The largest absolute Gasteiger partial charge is 0.396 e. The molecule has 0 saturated heterocycles. The molecule has 0 radical (unpaired) electrons. The predicted molar refractivity (Wildman–Crippen MR) is 78.1 cm³/mol. The van der Waals surface area contributed by atoms with Gasteiger partial charge in [-0.1, -0.05) is 25.8 Å². The summed E-state index contributed by atoms with van der Waals surface area (Å²) in [4.78, 5) is 4.67. The van der Waals surface area contributed by atoms with E-state index >= 15 is 0 Å². The number of imidazole rings is 1. The molecule has 0 atom stereocenters. The summed E-state index contributed by atoms with van der Waals surface area (Å²) < 4.78 is 2.06. The van der Waals surface area contributed by atoms with E-state index in [0.717, 1.165) is 23.3 Å². The maximum absolute atomic E-state index is 8.96. The lowest BCUT2D eigenvalue weighted by Crippen LogP contribution is -2.03. The number of aliphatic hydroxyl groups is 1. The molecule has 0 fully saturated rings. The summed E-state index contributed by atoms with van der Waals surface area (Å²) in [5, 5.41) is 8.96.